The molecule has 0 saturated heterocycles. The van der Waals surface area contributed by atoms with Crippen LogP contribution in [-0.4, -0.2) is 0 Å². The topological polar surface area (TPSA) is 18.5 Å². The predicted octanol–water partition coefficient (Wildman–Crippen LogP) is 10.6. The molecule has 0 radical (unpaired) electrons. The normalized spacial score (nSPS) is 14.1. The molecule has 0 unspecified atom stereocenters. The minimum absolute atomic E-state index is 0.825. The fourth-order valence-electron chi connectivity index (χ4n) is 7.51. The van der Waals surface area contributed by atoms with Crippen LogP contribution in [0.4, 0.5) is 0 Å². The second-order valence-corrected chi connectivity index (χ2v) is 11.6. The van der Waals surface area contributed by atoms with Gasteiger partial charge in [-0.2, -0.15) is 0 Å². The Morgan fingerprint density at radius 3 is 1.02 bits per heavy atom. The van der Waals surface area contributed by atoms with Crippen LogP contribution in [0.5, 0.6) is 11.5 Å². The number of benzene rings is 8. The van der Waals surface area contributed by atoms with Crippen molar-refractivity contribution in [1.29, 1.82) is 0 Å². The number of ether oxygens (including phenoxy) is 2. The maximum absolute atomic E-state index is 7.27. The van der Waals surface area contributed by atoms with Crippen LogP contribution < -0.4 is 9.47 Å². The summed E-state index contributed by atoms with van der Waals surface area (Å²) < 4.78 is 14.5. The van der Waals surface area contributed by atoms with Crippen LogP contribution in [0.15, 0.2) is 146 Å². The summed E-state index contributed by atoms with van der Waals surface area (Å²) in [6, 6.07) is 51.8. The summed E-state index contributed by atoms with van der Waals surface area (Å²) >= 11 is 0. The van der Waals surface area contributed by atoms with Gasteiger partial charge in [-0.1, -0.05) is 121 Å². The van der Waals surface area contributed by atoms with Gasteiger partial charge in [0.25, 0.3) is 0 Å². The fraction of sp³-hybridized carbons (Fsp3) is 0.0244. The Kier molecular flexibility index (Phi) is 4.41. The molecule has 2 aliphatic heterocycles. The Morgan fingerprint density at radius 2 is 0.628 bits per heavy atom. The molecule has 0 fully saturated rings. The Bertz CT molecular complexity index is 2300. The zero-order valence-corrected chi connectivity index (χ0v) is 23.2. The maximum Gasteiger partial charge on any atom is 0.306 e. The Morgan fingerprint density at radius 1 is 0.302 bits per heavy atom. The summed E-state index contributed by atoms with van der Waals surface area (Å²) in [7, 11) is 0. The maximum atomic E-state index is 7.27. The van der Waals surface area contributed by atoms with Crippen molar-refractivity contribution in [3.05, 3.63) is 157 Å². The Balaban J connectivity index is 1.39. The van der Waals surface area contributed by atoms with Crippen molar-refractivity contribution in [1.82, 2.24) is 0 Å². The molecule has 2 heterocycles. The molecule has 0 aromatic heterocycles. The van der Waals surface area contributed by atoms with E-state index in [1.807, 2.05) is 0 Å². The quantitative estimate of drug-likeness (QED) is 0.188. The van der Waals surface area contributed by atoms with Crippen molar-refractivity contribution in [2.24, 2.45) is 0 Å². The highest BCUT2D eigenvalue weighted by molar-refractivity contribution is 6.12. The summed E-state index contributed by atoms with van der Waals surface area (Å²) in [5.74, 6) is 0.473. The second kappa shape index (κ2) is 8.24. The van der Waals surface area contributed by atoms with Gasteiger partial charge in [-0.3, -0.25) is 0 Å². The van der Waals surface area contributed by atoms with Crippen molar-refractivity contribution in [2.45, 2.75) is 5.79 Å². The molecule has 2 nitrogen and oxygen atoms in total. The van der Waals surface area contributed by atoms with E-state index in [1.54, 1.807) is 0 Å². The lowest BCUT2D eigenvalue weighted by Crippen LogP contribution is -2.45. The average Bonchev–Trinajstić information content (AvgIpc) is 3.07. The molecule has 0 N–H and O–H groups in total. The van der Waals surface area contributed by atoms with Crippen molar-refractivity contribution < 1.29 is 9.47 Å². The van der Waals surface area contributed by atoms with Gasteiger partial charge in [0, 0.05) is 33.4 Å². The summed E-state index contributed by atoms with van der Waals surface area (Å²) in [4.78, 5) is 0. The van der Waals surface area contributed by atoms with Gasteiger partial charge in [-0.25, -0.2) is 0 Å². The van der Waals surface area contributed by atoms with Crippen LogP contribution in [-0.2, 0) is 5.79 Å². The van der Waals surface area contributed by atoms with E-state index in [2.05, 4.69) is 146 Å². The van der Waals surface area contributed by atoms with Crippen LogP contribution in [0, 0.1) is 0 Å². The third kappa shape index (κ3) is 2.97. The zero-order valence-electron chi connectivity index (χ0n) is 23.2. The Labute approximate surface area is 248 Å². The van der Waals surface area contributed by atoms with Crippen LogP contribution in [0.3, 0.4) is 0 Å². The fourth-order valence-corrected chi connectivity index (χ4v) is 7.51. The van der Waals surface area contributed by atoms with Gasteiger partial charge in [-0.15, -0.1) is 0 Å². The smallest absolute Gasteiger partial charge is 0.306 e. The molecular weight excluding hydrogens is 524 g/mol. The lowest BCUT2D eigenvalue weighted by atomic mass is 9.77. The summed E-state index contributed by atoms with van der Waals surface area (Å²) in [5.41, 5.74) is 6.60. The van der Waals surface area contributed by atoms with Gasteiger partial charge >= 0.3 is 5.79 Å². The molecule has 0 saturated carbocycles. The van der Waals surface area contributed by atoms with Crippen molar-refractivity contribution in [3.8, 4) is 33.8 Å². The molecule has 43 heavy (non-hydrogen) atoms. The molecule has 2 heteroatoms. The van der Waals surface area contributed by atoms with Crippen LogP contribution in [0.2, 0.25) is 0 Å². The first kappa shape index (κ1) is 23.0. The monoisotopic (exact) mass is 548 g/mol. The number of hydrogen-bond donors (Lipinski definition) is 0. The van der Waals surface area contributed by atoms with E-state index < -0.39 is 5.79 Å². The molecule has 8 aromatic carbocycles. The van der Waals surface area contributed by atoms with Gasteiger partial charge in [0.05, 0.1) is 0 Å². The molecule has 0 bridgehead atoms. The average molecular weight is 549 g/mol. The van der Waals surface area contributed by atoms with Gasteiger partial charge in [0.15, 0.2) is 0 Å². The molecule has 1 spiro atoms. The lowest BCUT2D eigenvalue weighted by molar-refractivity contribution is -0.0873. The van der Waals surface area contributed by atoms with Gasteiger partial charge < -0.3 is 9.47 Å². The van der Waals surface area contributed by atoms with Crippen LogP contribution in [0.1, 0.15) is 11.1 Å². The minimum atomic E-state index is -1.18. The van der Waals surface area contributed by atoms with Gasteiger partial charge in [0.2, 0.25) is 0 Å². The molecule has 0 aliphatic carbocycles. The van der Waals surface area contributed by atoms with E-state index in [4.69, 9.17) is 9.47 Å². The molecule has 10 rings (SSSR count). The van der Waals surface area contributed by atoms with E-state index in [1.165, 1.54) is 54.2 Å². The van der Waals surface area contributed by atoms with Gasteiger partial charge in [-0.05, 0) is 67.4 Å². The lowest BCUT2D eigenvalue weighted by Gasteiger charge is -2.44. The van der Waals surface area contributed by atoms with Crippen molar-refractivity contribution >= 4 is 43.1 Å². The molecule has 8 aromatic rings. The highest BCUT2D eigenvalue weighted by Gasteiger charge is 2.51. The van der Waals surface area contributed by atoms with E-state index >= 15 is 0 Å². The van der Waals surface area contributed by atoms with Crippen LogP contribution >= 0.6 is 0 Å². The molecule has 200 valence electrons. The van der Waals surface area contributed by atoms with E-state index in [0.717, 1.165) is 33.8 Å². The Hall–Kier alpha value is -5.60. The first-order chi connectivity index (χ1) is 21.3. The number of rotatable bonds is 0. The van der Waals surface area contributed by atoms with Crippen LogP contribution in [0.25, 0.3) is 65.3 Å². The third-order valence-corrected chi connectivity index (χ3v) is 9.36. The molecule has 2 aliphatic rings. The molecule has 0 atom stereocenters. The van der Waals surface area contributed by atoms with Crippen molar-refractivity contribution in [2.75, 3.05) is 0 Å². The van der Waals surface area contributed by atoms with Gasteiger partial charge in [0.1, 0.15) is 11.5 Å². The largest absolute Gasteiger partial charge is 0.444 e. The second-order valence-electron chi connectivity index (χ2n) is 11.6. The summed E-state index contributed by atoms with van der Waals surface area (Å²) in [5, 5.41) is 9.49. The minimum Gasteiger partial charge on any atom is -0.444 e. The highest BCUT2D eigenvalue weighted by atomic mass is 16.7. The highest BCUT2D eigenvalue weighted by Crippen LogP contribution is 2.59. The summed E-state index contributed by atoms with van der Waals surface area (Å²) in [6.07, 6.45) is 0. The number of fused-ring (bicyclic) bond motifs is 16. The van der Waals surface area contributed by atoms with E-state index in [-0.39, 0.29) is 0 Å². The predicted molar refractivity (Wildman–Crippen MR) is 176 cm³/mol. The van der Waals surface area contributed by atoms with Crippen molar-refractivity contribution in [3.63, 3.8) is 0 Å². The third-order valence-electron chi connectivity index (χ3n) is 9.36. The first-order valence-electron chi connectivity index (χ1n) is 14.8. The first-order valence-corrected chi connectivity index (χ1v) is 14.8. The number of hydrogen-bond acceptors (Lipinski definition) is 2. The molecule has 0 amide bonds. The van der Waals surface area contributed by atoms with E-state index in [9.17, 15) is 0 Å². The SMILES string of the molecule is c1ccc2c3c(ccc2c1)OC1(Oc2ccc4ccccc4c2-c2c1ccc1ccccc21)c1ccc2ccccc2c1-3. The van der Waals surface area contributed by atoms with E-state index in [0.29, 0.717) is 0 Å². The standard InChI is InChI=1S/C41H24O2/c1-5-13-29-25(9-1)17-21-33-37(29)39-31-15-7-3-11-27(31)19-23-35(39)42-41(33)34-22-18-26-10-2-6-14-30(26)38(34)40-32-16-8-4-12-28(32)20-24-36(40)43-41/h1-24H. The zero-order chi connectivity index (χ0) is 28.1. The summed E-state index contributed by atoms with van der Waals surface area (Å²) in [6.45, 7) is 0. The molecular formula is C41H24O2.